The van der Waals surface area contributed by atoms with Gasteiger partial charge in [0.1, 0.15) is 9.88 Å². The van der Waals surface area contributed by atoms with Gasteiger partial charge in [-0.3, -0.25) is 4.79 Å². The standard InChI is InChI=1S/C22H20ClF3N2OS/c1-11(2)17-13(4)9-12(3)10-16(17)27-20(29)18-19(22(24,25)26)28-21(30-18)14-7-5-6-8-15(14)23/h5-11H,1-4H3,(H,27,29). The van der Waals surface area contributed by atoms with E-state index in [0.717, 1.165) is 16.7 Å². The summed E-state index contributed by atoms with van der Waals surface area (Å²) >= 11 is 6.80. The number of hydrogen-bond donors (Lipinski definition) is 1. The van der Waals surface area contributed by atoms with Gasteiger partial charge in [-0.05, 0) is 48.6 Å². The Morgan fingerprint density at radius 1 is 1.17 bits per heavy atom. The van der Waals surface area contributed by atoms with Crippen LogP contribution in [0.4, 0.5) is 18.9 Å². The SMILES string of the molecule is Cc1cc(C)c(C(C)C)c(NC(=O)c2sc(-c3ccccc3Cl)nc2C(F)(F)F)c1. The number of thiazole rings is 1. The maximum atomic E-state index is 13.6. The van der Waals surface area contributed by atoms with Crippen molar-refractivity contribution in [1.82, 2.24) is 4.98 Å². The molecule has 0 fully saturated rings. The predicted octanol–water partition coefficient (Wildman–Crippen LogP) is 7.47. The van der Waals surface area contributed by atoms with Crippen molar-refractivity contribution in [2.75, 3.05) is 5.32 Å². The Kier molecular flexibility index (Phi) is 6.24. The van der Waals surface area contributed by atoms with Crippen LogP contribution in [0.3, 0.4) is 0 Å². The zero-order valence-electron chi connectivity index (χ0n) is 16.8. The normalized spacial score (nSPS) is 11.8. The molecule has 0 radical (unpaired) electrons. The number of alkyl halides is 3. The third-order valence-corrected chi connectivity index (χ3v) is 5.98. The third kappa shape index (κ3) is 4.52. The number of aryl methyl sites for hydroxylation is 2. The molecule has 2 aromatic carbocycles. The lowest BCUT2D eigenvalue weighted by Gasteiger charge is -2.18. The zero-order valence-corrected chi connectivity index (χ0v) is 18.4. The molecule has 1 aromatic heterocycles. The second kappa shape index (κ2) is 8.40. The number of amides is 1. The molecule has 0 aliphatic heterocycles. The van der Waals surface area contributed by atoms with Gasteiger partial charge in [-0.15, -0.1) is 11.3 Å². The first kappa shape index (κ1) is 22.3. The minimum atomic E-state index is -4.77. The van der Waals surface area contributed by atoms with E-state index in [4.69, 9.17) is 11.6 Å². The van der Waals surface area contributed by atoms with Crippen molar-refractivity contribution in [3.8, 4) is 10.6 Å². The van der Waals surface area contributed by atoms with Crippen LogP contribution in [0.25, 0.3) is 10.6 Å². The van der Waals surface area contributed by atoms with Gasteiger partial charge in [0.05, 0.1) is 5.02 Å². The second-order valence-electron chi connectivity index (χ2n) is 7.33. The number of nitrogens with zero attached hydrogens (tertiary/aromatic N) is 1. The van der Waals surface area contributed by atoms with Crippen LogP contribution in [0.2, 0.25) is 5.02 Å². The van der Waals surface area contributed by atoms with Crippen LogP contribution in [0.1, 0.15) is 51.8 Å². The van der Waals surface area contributed by atoms with Gasteiger partial charge >= 0.3 is 6.18 Å². The van der Waals surface area contributed by atoms with Crippen molar-refractivity contribution in [3.63, 3.8) is 0 Å². The van der Waals surface area contributed by atoms with Gasteiger partial charge in [0, 0.05) is 11.3 Å². The van der Waals surface area contributed by atoms with Gasteiger partial charge in [-0.2, -0.15) is 13.2 Å². The maximum absolute atomic E-state index is 13.6. The van der Waals surface area contributed by atoms with Gasteiger partial charge in [0.25, 0.3) is 5.91 Å². The van der Waals surface area contributed by atoms with Crippen LogP contribution >= 0.6 is 22.9 Å². The highest BCUT2D eigenvalue weighted by atomic mass is 35.5. The summed E-state index contributed by atoms with van der Waals surface area (Å²) in [6, 6.07) is 10.2. The molecule has 0 saturated carbocycles. The summed E-state index contributed by atoms with van der Waals surface area (Å²) in [6.07, 6.45) is -4.77. The molecule has 158 valence electrons. The molecule has 3 rings (SSSR count). The Labute approximate surface area is 181 Å². The van der Waals surface area contributed by atoms with Gasteiger partial charge in [0.2, 0.25) is 0 Å². The van der Waals surface area contributed by atoms with E-state index in [1.165, 1.54) is 0 Å². The Morgan fingerprint density at radius 2 is 1.83 bits per heavy atom. The topological polar surface area (TPSA) is 42.0 Å². The molecule has 0 spiro atoms. The molecule has 1 amide bonds. The van der Waals surface area contributed by atoms with Crippen molar-refractivity contribution in [3.05, 3.63) is 68.7 Å². The molecular weight excluding hydrogens is 433 g/mol. The number of rotatable bonds is 4. The summed E-state index contributed by atoms with van der Waals surface area (Å²) in [7, 11) is 0. The highest BCUT2D eigenvalue weighted by Crippen LogP contribution is 2.40. The minimum Gasteiger partial charge on any atom is -0.321 e. The third-order valence-electron chi connectivity index (χ3n) is 4.56. The van der Waals surface area contributed by atoms with E-state index < -0.39 is 22.7 Å². The Hall–Kier alpha value is -2.38. The molecule has 8 heteroatoms. The highest BCUT2D eigenvalue weighted by Gasteiger charge is 2.40. The summed E-state index contributed by atoms with van der Waals surface area (Å²) < 4.78 is 40.9. The van der Waals surface area contributed by atoms with Crippen LogP contribution < -0.4 is 5.32 Å². The summed E-state index contributed by atoms with van der Waals surface area (Å²) in [5.41, 5.74) is 2.41. The molecule has 1 heterocycles. The van der Waals surface area contributed by atoms with E-state index in [1.807, 2.05) is 33.8 Å². The van der Waals surface area contributed by atoms with Crippen LogP contribution in [-0.4, -0.2) is 10.9 Å². The minimum absolute atomic E-state index is 0.0441. The van der Waals surface area contributed by atoms with E-state index in [1.54, 1.807) is 30.3 Å². The first-order valence-corrected chi connectivity index (χ1v) is 10.4. The van der Waals surface area contributed by atoms with E-state index in [-0.39, 0.29) is 15.9 Å². The van der Waals surface area contributed by atoms with Crippen molar-refractivity contribution in [2.45, 2.75) is 39.8 Å². The number of aromatic nitrogens is 1. The summed E-state index contributed by atoms with van der Waals surface area (Å²) in [4.78, 5) is 16.2. The Balaban J connectivity index is 2.08. The van der Waals surface area contributed by atoms with Crippen molar-refractivity contribution in [1.29, 1.82) is 0 Å². The molecule has 0 atom stereocenters. The zero-order chi connectivity index (χ0) is 22.2. The molecular formula is C22H20ClF3N2OS. The highest BCUT2D eigenvalue weighted by molar-refractivity contribution is 7.17. The Bertz CT molecular complexity index is 1110. The first-order chi connectivity index (χ1) is 14.0. The van der Waals surface area contributed by atoms with Gasteiger partial charge < -0.3 is 5.32 Å². The number of hydrogen-bond acceptors (Lipinski definition) is 3. The van der Waals surface area contributed by atoms with Crippen LogP contribution in [-0.2, 0) is 6.18 Å². The van der Waals surface area contributed by atoms with Crippen LogP contribution in [0.5, 0.6) is 0 Å². The summed E-state index contributed by atoms with van der Waals surface area (Å²) in [6.45, 7) is 7.73. The average molecular weight is 453 g/mol. The van der Waals surface area contributed by atoms with E-state index in [9.17, 15) is 18.0 Å². The largest absolute Gasteiger partial charge is 0.435 e. The number of carbonyl (C=O) groups excluding carboxylic acids is 1. The van der Waals surface area contributed by atoms with Gasteiger partial charge in [-0.25, -0.2) is 4.98 Å². The van der Waals surface area contributed by atoms with Crippen LogP contribution in [0.15, 0.2) is 36.4 Å². The molecule has 0 aliphatic rings. The monoisotopic (exact) mass is 452 g/mol. The fourth-order valence-corrected chi connectivity index (χ4v) is 4.74. The lowest BCUT2D eigenvalue weighted by atomic mass is 9.94. The second-order valence-corrected chi connectivity index (χ2v) is 8.73. The quantitative estimate of drug-likeness (QED) is 0.446. The summed E-state index contributed by atoms with van der Waals surface area (Å²) in [5.74, 6) is -0.756. The van der Waals surface area contributed by atoms with Crippen molar-refractivity contribution < 1.29 is 18.0 Å². The fourth-order valence-electron chi connectivity index (χ4n) is 3.44. The predicted molar refractivity (Wildman–Crippen MR) is 116 cm³/mol. The number of benzene rings is 2. The molecule has 30 heavy (non-hydrogen) atoms. The Morgan fingerprint density at radius 3 is 2.43 bits per heavy atom. The number of halogens is 4. The lowest BCUT2D eigenvalue weighted by Crippen LogP contribution is -2.18. The van der Waals surface area contributed by atoms with Gasteiger partial charge in [-0.1, -0.05) is 49.7 Å². The summed E-state index contributed by atoms with van der Waals surface area (Å²) in [5, 5.41) is 2.99. The average Bonchev–Trinajstić information content (AvgIpc) is 3.06. The smallest absolute Gasteiger partial charge is 0.321 e. The molecule has 3 nitrogen and oxygen atoms in total. The molecule has 0 aliphatic carbocycles. The van der Waals surface area contributed by atoms with Gasteiger partial charge in [0.15, 0.2) is 5.69 Å². The maximum Gasteiger partial charge on any atom is 0.435 e. The fraction of sp³-hybridized carbons (Fsp3) is 0.273. The van der Waals surface area contributed by atoms with E-state index in [0.29, 0.717) is 22.6 Å². The molecule has 0 unspecified atom stereocenters. The molecule has 3 aromatic rings. The molecule has 1 N–H and O–H groups in total. The van der Waals surface area contributed by atoms with Crippen molar-refractivity contribution >= 4 is 34.5 Å². The lowest BCUT2D eigenvalue weighted by molar-refractivity contribution is -0.140. The number of nitrogens with one attached hydrogen (secondary N) is 1. The van der Waals surface area contributed by atoms with Crippen molar-refractivity contribution in [2.24, 2.45) is 0 Å². The van der Waals surface area contributed by atoms with E-state index in [2.05, 4.69) is 10.3 Å². The molecule has 0 bridgehead atoms. The first-order valence-electron chi connectivity index (χ1n) is 9.24. The number of carbonyl (C=O) groups is 1. The number of anilines is 1. The van der Waals surface area contributed by atoms with Crippen LogP contribution in [0, 0.1) is 13.8 Å². The van der Waals surface area contributed by atoms with E-state index >= 15 is 0 Å². The molecule has 0 saturated heterocycles.